The number of hydrogen-bond acceptors (Lipinski definition) is 6. The summed E-state index contributed by atoms with van der Waals surface area (Å²) >= 11 is 1.51. The van der Waals surface area contributed by atoms with Crippen molar-refractivity contribution in [1.82, 2.24) is 9.55 Å². The molecule has 8 heteroatoms. The van der Waals surface area contributed by atoms with Crippen LogP contribution >= 0.6 is 11.3 Å². The van der Waals surface area contributed by atoms with E-state index in [9.17, 15) is 9.59 Å². The molecule has 1 aliphatic heterocycles. The average molecular weight is 371 g/mol. The van der Waals surface area contributed by atoms with E-state index >= 15 is 0 Å². The molecule has 0 spiro atoms. The van der Waals surface area contributed by atoms with Crippen LogP contribution in [0.25, 0.3) is 10.2 Å². The molecule has 0 unspecified atom stereocenters. The van der Waals surface area contributed by atoms with Crippen LogP contribution in [-0.4, -0.2) is 22.3 Å². The summed E-state index contributed by atoms with van der Waals surface area (Å²) in [4.78, 5) is 31.0. The molecule has 0 fully saturated rings. The van der Waals surface area contributed by atoms with Gasteiger partial charge in [0, 0.05) is 29.6 Å². The van der Waals surface area contributed by atoms with Gasteiger partial charge in [0.15, 0.2) is 11.5 Å². The van der Waals surface area contributed by atoms with E-state index in [0.29, 0.717) is 22.6 Å². The molecular weight excluding hydrogens is 354 g/mol. The molecule has 26 heavy (non-hydrogen) atoms. The molecule has 7 nitrogen and oxygen atoms in total. The zero-order valence-corrected chi connectivity index (χ0v) is 15.2. The number of fused-ring (bicyclic) bond motifs is 2. The van der Waals surface area contributed by atoms with Crippen LogP contribution < -0.4 is 20.3 Å². The van der Waals surface area contributed by atoms with Gasteiger partial charge in [0.25, 0.3) is 5.56 Å². The van der Waals surface area contributed by atoms with Crippen molar-refractivity contribution in [2.75, 3.05) is 12.1 Å². The lowest BCUT2D eigenvalue weighted by Gasteiger charge is -2.08. The molecule has 3 aromatic rings. The predicted octanol–water partition coefficient (Wildman–Crippen LogP) is 2.83. The Morgan fingerprint density at radius 3 is 2.96 bits per heavy atom. The van der Waals surface area contributed by atoms with Gasteiger partial charge in [-0.2, -0.15) is 0 Å². The first-order valence-electron chi connectivity index (χ1n) is 8.17. The van der Waals surface area contributed by atoms with Gasteiger partial charge in [-0.25, -0.2) is 4.98 Å². The summed E-state index contributed by atoms with van der Waals surface area (Å²) in [6.45, 7) is 4.36. The van der Waals surface area contributed by atoms with E-state index in [0.717, 1.165) is 15.3 Å². The first-order chi connectivity index (χ1) is 12.5. The van der Waals surface area contributed by atoms with E-state index in [1.54, 1.807) is 18.2 Å². The van der Waals surface area contributed by atoms with Gasteiger partial charge < -0.3 is 14.8 Å². The molecule has 0 bridgehead atoms. The number of ether oxygens (including phenoxy) is 2. The number of aryl methyl sites for hydroxylation is 3. The summed E-state index contributed by atoms with van der Waals surface area (Å²) in [5.41, 5.74) is 1.49. The molecule has 134 valence electrons. The lowest BCUT2D eigenvalue weighted by Crippen LogP contribution is -2.23. The maximum atomic E-state index is 12.6. The number of hydrogen-bond donors (Lipinski definition) is 1. The van der Waals surface area contributed by atoms with Gasteiger partial charge in [0.1, 0.15) is 4.83 Å². The summed E-state index contributed by atoms with van der Waals surface area (Å²) in [6, 6.07) is 5.22. The number of thiophene rings is 1. The summed E-state index contributed by atoms with van der Waals surface area (Å²) < 4.78 is 12.0. The van der Waals surface area contributed by atoms with E-state index in [4.69, 9.17) is 9.47 Å². The molecule has 0 radical (unpaired) electrons. The molecular formula is C18H17N3O4S. The van der Waals surface area contributed by atoms with Gasteiger partial charge in [0.05, 0.1) is 11.7 Å². The van der Waals surface area contributed by atoms with Gasteiger partial charge in [-0.3, -0.25) is 14.2 Å². The molecule has 1 aliphatic rings. The van der Waals surface area contributed by atoms with Crippen molar-refractivity contribution >= 4 is 33.1 Å². The fourth-order valence-corrected chi connectivity index (χ4v) is 3.84. The highest BCUT2D eigenvalue weighted by Crippen LogP contribution is 2.34. The second-order valence-electron chi connectivity index (χ2n) is 6.07. The van der Waals surface area contributed by atoms with Gasteiger partial charge in [-0.1, -0.05) is 0 Å². The van der Waals surface area contributed by atoms with Crippen LogP contribution in [0.15, 0.2) is 29.3 Å². The first kappa shape index (κ1) is 16.6. The summed E-state index contributed by atoms with van der Waals surface area (Å²) in [7, 11) is 0. The minimum absolute atomic E-state index is 0.104. The summed E-state index contributed by atoms with van der Waals surface area (Å²) in [6.07, 6.45) is 1.68. The van der Waals surface area contributed by atoms with Crippen molar-refractivity contribution in [2.24, 2.45) is 0 Å². The molecule has 1 amide bonds. The zero-order valence-electron chi connectivity index (χ0n) is 14.4. The maximum Gasteiger partial charge on any atom is 0.262 e. The van der Waals surface area contributed by atoms with Crippen LogP contribution in [0.3, 0.4) is 0 Å². The zero-order chi connectivity index (χ0) is 18.3. The fourth-order valence-electron chi connectivity index (χ4n) is 2.85. The molecule has 0 saturated carbocycles. The lowest BCUT2D eigenvalue weighted by molar-refractivity contribution is -0.116. The Labute approximate surface area is 153 Å². The highest BCUT2D eigenvalue weighted by molar-refractivity contribution is 7.18. The second-order valence-corrected chi connectivity index (χ2v) is 7.28. The normalized spacial score (nSPS) is 12.5. The SMILES string of the molecule is Cc1sc2ncn(CCC(=O)Nc3ccc4c(c3)OCO4)c(=O)c2c1C. The predicted molar refractivity (Wildman–Crippen MR) is 99.2 cm³/mol. The van der Waals surface area contributed by atoms with Crippen molar-refractivity contribution in [3.05, 3.63) is 45.3 Å². The Kier molecular flexibility index (Phi) is 4.12. The van der Waals surface area contributed by atoms with Crippen LogP contribution in [0.5, 0.6) is 11.5 Å². The quantitative estimate of drug-likeness (QED) is 0.763. The minimum Gasteiger partial charge on any atom is -0.454 e. The molecule has 2 aromatic heterocycles. The summed E-state index contributed by atoms with van der Waals surface area (Å²) in [5, 5.41) is 3.45. The fraction of sp³-hybridized carbons (Fsp3) is 0.278. The molecule has 0 atom stereocenters. The van der Waals surface area contributed by atoms with Gasteiger partial charge in [-0.15, -0.1) is 11.3 Å². The molecule has 1 N–H and O–H groups in total. The Hall–Kier alpha value is -2.87. The van der Waals surface area contributed by atoms with Crippen molar-refractivity contribution in [3.63, 3.8) is 0 Å². The Morgan fingerprint density at radius 2 is 2.12 bits per heavy atom. The van der Waals surface area contributed by atoms with Crippen LogP contribution in [0.4, 0.5) is 5.69 Å². The molecule has 0 saturated heterocycles. The van der Waals surface area contributed by atoms with Crippen LogP contribution in [0.2, 0.25) is 0 Å². The number of benzene rings is 1. The van der Waals surface area contributed by atoms with Crippen molar-refractivity contribution < 1.29 is 14.3 Å². The van der Waals surface area contributed by atoms with E-state index < -0.39 is 0 Å². The van der Waals surface area contributed by atoms with Crippen molar-refractivity contribution in [3.8, 4) is 11.5 Å². The Morgan fingerprint density at radius 1 is 1.31 bits per heavy atom. The summed E-state index contributed by atoms with van der Waals surface area (Å²) in [5.74, 6) is 1.08. The van der Waals surface area contributed by atoms with Gasteiger partial charge >= 0.3 is 0 Å². The van der Waals surface area contributed by atoms with Gasteiger partial charge in [0.2, 0.25) is 12.7 Å². The number of carbonyl (C=O) groups excluding carboxylic acids is 1. The third kappa shape index (κ3) is 2.92. The minimum atomic E-state index is -0.186. The number of nitrogens with zero attached hydrogens (tertiary/aromatic N) is 2. The largest absolute Gasteiger partial charge is 0.454 e. The van der Waals surface area contributed by atoms with E-state index in [2.05, 4.69) is 10.3 Å². The average Bonchev–Trinajstić information content (AvgIpc) is 3.19. The number of carbonyl (C=O) groups is 1. The third-order valence-corrected chi connectivity index (χ3v) is 5.51. The highest BCUT2D eigenvalue weighted by atomic mass is 32.1. The number of nitrogens with one attached hydrogen (secondary N) is 1. The topological polar surface area (TPSA) is 82.5 Å². The van der Waals surface area contributed by atoms with Crippen LogP contribution in [-0.2, 0) is 11.3 Å². The lowest BCUT2D eigenvalue weighted by atomic mass is 10.2. The number of rotatable bonds is 4. The van der Waals surface area contributed by atoms with Crippen LogP contribution in [0.1, 0.15) is 16.9 Å². The number of amides is 1. The second kappa shape index (κ2) is 6.45. The smallest absolute Gasteiger partial charge is 0.262 e. The Bertz CT molecular complexity index is 1070. The number of anilines is 1. The molecule has 3 heterocycles. The van der Waals surface area contributed by atoms with Crippen molar-refractivity contribution in [1.29, 1.82) is 0 Å². The molecule has 4 rings (SSSR count). The number of aromatic nitrogens is 2. The highest BCUT2D eigenvalue weighted by Gasteiger charge is 2.15. The third-order valence-electron chi connectivity index (χ3n) is 4.39. The first-order valence-corrected chi connectivity index (χ1v) is 8.99. The molecule has 1 aromatic carbocycles. The standard InChI is InChI=1S/C18H17N3O4S/c1-10-11(2)26-17-16(10)18(23)21(8-19-17)6-5-15(22)20-12-3-4-13-14(7-12)25-9-24-13/h3-4,7-8H,5-6,9H2,1-2H3,(H,20,22). The van der Waals surface area contributed by atoms with E-state index in [1.807, 2.05) is 13.8 Å². The molecule has 0 aliphatic carbocycles. The van der Waals surface area contributed by atoms with Crippen LogP contribution in [0, 0.1) is 13.8 Å². The monoisotopic (exact) mass is 371 g/mol. The van der Waals surface area contributed by atoms with E-state index in [-0.39, 0.29) is 31.2 Å². The maximum absolute atomic E-state index is 12.6. The van der Waals surface area contributed by atoms with Gasteiger partial charge in [-0.05, 0) is 31.5 Å². The Balaban J connectivity index is 1.46. The van der Waals surface area contributed by atoms with Crippen molar-refractivity contribution in [2.45, 2.75) is 26.8 Å². The van der Waals surface area contributed by atoms with E-state index in [1.165, 1.54) is 22.2 Å².